The van der Waals surface area contributed by atoms with Gasteiger partial charge in [-0.3, -0.25) is 14.9 Å². The molecule has 0 aliphatic carbocycles. The molecule has 222 valence electrons. The fraction of sp³-hybridized carbons (Fsp3) is 0.312. The van der Waals surface area contributed by atoms with Crippen molar-refractivity contribution < 1.29 is 0 Å². The zero-order chi connectivity index (χ0) is 30.2. The average molecular weight is 634 g/mol. The molecule has 0 spiro atoms. The fourth-order valence-corrected chi connectivity index (χ4v) is 7.17. The van der Waals surface area contributed by atoms with Gasteiger partial charge in [0.05, 0.1) is 33.5 Å². The van der Waals surface area contributed by atoms with Crippen LogP contribution >= 0.6 is 34.5 Å². The number of anilines is 3. The van der Waals surface area contributed by atoms with E-state index in [9.17, 15) is 5.26 Å². The maximum Gasteiger partial charge on any atom is 0.103 e. The zero-order valence-corrected chi connectivity index (χ0v) is 26.9. The maximum absolute atomic E-state index is 9.99. The second kappa shape index (κ2) is 12.2. The van der Waals surface area contributed by atoms with Crippen LogP contribution in [0.5, 0.6) is 0 Å². The number of hydrogen-bond donors (Lipinski definition) is 4. The van der Waals surface area contributed by atoms with Crippen LogP contribution in [0.25, 0.3) is 10.9 Å². The summed E-state index contributed by atoms with van der Waals surface area (Å²) in [6, 6.07) is 12.1. The zero-order valence-electron chi connectivity index (χ0n) is 24.6. The first-order valence-corrected chi connectivity index (χ1v) is 16.0. The smallest absolute Gasteiger partial charge is 0.103 e. The molecule has 0 amide bonds. The largest absolute Gasteiger partial charge is 0.373 e. The minimum Gasteiger partial charge on any atom is -0.373 e. The van der Waals surface area contributed by atoms with Crippen LogP contribution in [0.15, 0.2) is 53.8 Å². The molecule has 2 aliphatic rings. The summed E-state index contributed by atoms with van der Waals surface area (Å²) in [5, 5.41) is 23.4. The number of aromatic nitrogens is 1. The van der Waals surface area contributed by atoms with Crippen molar-refractivity contribution in [2.75, 3.05) is 23.7 Å². The summed E-state index contributed by atoms with van der Waals surface area (Å²) in [4.78, 5) is 8.45. The Morgan fingerprint density at radius 3 is 2.70 bits per heavy atom. The molecule has 0 saturated heterocycles. The lowest BCUT2D eigenvalue weighted by Gasteiger charge is -2.28. The molecule has 0 saturated carbocycles. The van der Waals surface area contributed by atoms with E-state index < -0.39 is 0 Å². The van der Waals surface area contributed by atoms with Crippen LogP contribution in [-0.2, 0) is 13.0 Å². The molecule has 0 radical (unpaired) electrons. The first kappa shape index (κ1) is 29.5. The van der Waals surface area contributed by atoms with Crippen LogP contribution in [0, 0.1) is 18.3 Å². The molecule has 11 heteroatoms. The number of likely N-dealkylation sites (N-methyl/N-ethyl adjacent to an activating group) is 1. The molecule has 0 fully saturated rings. The summed E-state index contributed by atoms with van der Waals surface area (Å²) < 4.78 is 0. The van der Waals surface area contributed by atoms with E-state index in [4.69, 9.17) is 23.2 Å². The predicted octanol–water partition coefficient (Wildman–Crippen LogP) is 7.63. The van der Waals surface area contributed by atoms with Gasteiger partial charge >= 0.3 is 0 Å². The molecule has 2 aromatic carbocycles. The van der Waals surface area contributed by atoms with Gasteiger partial charge in [-0.15, -0.1) is 16.9 Å². The van der Waals surface area contributed by atoms with Gasteiger partial charge < -0.3 is 16.1 Å². The molecule has 2 aliphatic heterocycles. The van der Waals surface area contributed by atoms with Crippen molar-refractivity contribution in [2.45, 2.75) is 52.7 Å². The number of benzene rings is 2. The third-order valence-corrected chi connectivity index (χ3v) is 9.82. The Morgan fingerprint density at radius 1 is 1.16 bits per heavy atom. The third kappa shape index (κ3) is 5.86. The van der Waals surface area contributed by atoms with E-state index in [2.05, 4.69) is 74.9 Å². The van der Waals surface area contributed by atoms with Crippen LogP contribution < -0.4 is 21.6 Å². The average Bonchev–Trinajstić information content (AvgIpc) is 3.66. The third-order valence-electron chi connectivity index (χ3n) is 8.09. The normalized spacial score (nSPS) is 15.7. The molecule has 4 N–H and O–H groups in total. The Hall–Kier alpha value is -3.52. The minimum atomic E-state index is -0.155. The van der Waals surface area contributed by atoms with Crippen LogP contribution in [0.2, 0.25) is 10.0 Å². The van der Waals surface area contributed by atoms with Gasteiger partial charge in [0.1, 0.15) is 6.07 Å². The highest BCUT2D eigenvalue weighted by Gasteiger charge is 2.29. The number of aryl methyl sites for hydroxylation is 1. The van der Waals surface area contributed by atoms with Crippen molar-refractivity contribution in [1.29, 1.82) is 5.26 Å². The summed E-state index contributed by atoms with van der Waals surface area (Å²) in [6.07, 6.45) is 4.69. The number of nitrogens with one attached hydrogen (secondary N) is 4. The molecule has 1 atom stereocenters. The van der Waals surface area contributed by atoms with Gasteiger partial charge in [-0.2, -0.15) is 5.26 Å². The number of nitrogens with zero attached hydrogens (tertiary/aromatic N) is 4. The van der Waals surface area contributed by atoms with Crippen LogP contribution in [-0.4, -0.2) is 34.0 Å². The van der Waals surface area contributed by atoms with Crippen molar-refractivity contribution in [1.82, 2.24) is 25.9 Å². The second-order valence-corrected chi connectivity index (χ2v) is 13.0. The molecule has 4 heterocycles. The lowest BCUT2D eigenvalue weighted by atomic mass is 9.96. The molecule has 8 nitrogen and oxygen atoms in total. The fourth-order valence-electron chi connectivity index (χ4n) is 5.55. The molecule has 6 rings (SSSR count). The van der Waals surface area contributed by atoms with Gasteiger partial charge in [-0.25, -0.2) is 0 Å². The highest BCUT2D eigenvalue weighted by atomic mass is 35.5. The van der Waals surface area contributed by atoms with Gasteiger partial charge in [0.2, 0.25) is 0 Å². The number of halogens is 2. The molecule has 2 aromatic heterocycles. The van der Waals surface area contributed by atoms with Gasteiger partial charge in [-0.1, -0.05) is 36.2 Å². The van der Waals surface area contributed by atoms with Crippen LogP contribution in [0.3, 0.4) is 0 Å². The second-order valence-electron chi connectivity index (χ2n) is 11.2. The van der Waals surface area contributed by atoms with Crippen molar-refractivity contribution in [3.05, 3.63) is 91.0 Å². The predicted molar refractivity (Wildman–Crippen MR) is 178 cm³/mol. The first-order valence-electron chi connectivity index (χ1n) is 14.4. The number of thiophene rings is 1. The quantitative estimate of drug-likeness (QED) is 0.158. The monoisotopic (exact) mass is 632 g/mol. The molecule has 0 unspecified atom stereocenters. The van der Waals surface area contributed by atoms with E-state index in [0.29, 0.717) is 26.8 Å². The molecule has 0 bridgehead atoms. The van der Waals surface area contributed by atoms with E-state index in [-0.39, 0.29) is 12.1 Å². The Balaban J connectivity index is 1.43. The summed E-state index contributed by atoms with van der Waals surface area (Å²) in [6.45, 7) is 11.5. The van der Waals surface area contributed by atoms with E-state index in [1.807, 2.05) is 48.6 Å². The van der Waals surface area contributed by atoms with Crippen LogP contribution in [0.1, 0.15) is 53.9 Å². The van der Waals surface area contributed by atoms with E-state index in [1.165, 1.54) is 16.0 Å². The lowest BCUT2D eigenvalue weighted by Crippen LogP contribution is -2.41. The molecular formula is C32H34Cl2N8S. The molecular weight excluding hydrogens is 599 g/mol. The minimum absolute atomic E-state index is 0.155. The number of hydrazine groups is 2. The topological polar surface area (TPSA) is 91.3 Å². The van der Waals surface area contributed by atoms with Gasteiger partial charge in [0.15, 0.2) is 0 Å². The van der Waals surface area contributed by atoms with Crippen molar-refractivity contribution in [3.63, 3.8) is 0 Å². The molecule has 4 aromatic rings. The number of pyridine rings is 1. The number of hydrogen-bond acceptors (Lipinski definition) is 9. The number of nitriles is 1. The summed E-state index contributed by atoms with van der Waals surface area (Å²) in [5.41, 5.74) is 14.6. The molecule has 43 heavy (non-hydrogen) atoms. The summed E-state index contributed by atoms with van der Waals surface area (Å²) in [5.74, 6) is 0. The Labute approximate surface area is 266 Å². The van der Waals surface area contributed by atoms with Crippen molar-refractivity contribution >= 4 is 62.5 Å². The van der Waals surface area contributed by atoms with Gasteiger partial charge in [0, 0.05) is 58.2 Å². The Kier molecular flexibility index (Phi) is 8.40. The number of fused-ring (bicyclic) bond motifs is 2. The SMILES string of the molecule is CCN1CCc2c([C@H](Nc3cc(Cl)c4ncc(C#N)c(Nc5ccc(C)c(Cl)c5)c4c3)C3=CN(C(C)C)NN3)csc2C1. The Morgan fingerprint density at radius 2 is 1.98 bits per heavy atom. The van der Waals surface area contributed by atoms with Crippen LogP contribution in [0.4, 0.5) is 17.1 Å². The van der Waals surface area contributed by atoms with Gasteiger partial charge in [0.25, 0.3) is 0 Å². The number of rotatable bonds is 8. The van der Waals surface area contributed by atoms with Gasteiger partial charge in [-0.05, 0) is 80.1 Å². The van der Waals surface area contributed by atoms with E-state index in [0.717, 1.165) is 54.1 Å². The lowest BCUT2D eigenvalue weighted by molar-refractivity contribution is 0.220. The van der Waals surface area contributed by atoms with E-state index in [1.54, 1.807) is 6.20 Å². The maximum atomic E-state index is 9.99. The van der Waals surface area contributed by atoms with E-state index >= 15 is 0 Å². The highest BCUT2D eigenvalue weighted by molar-refractivity contribution is 7.10. The summed E-state index contributed by atoms with van der Waals surface area (Å²) >= 11 is 15.1. The standard InChI is InChI=1S/C32H34Cl2N8S/c1-5-41-9-8-23-25(17-43-29(23)16-41)32(28-15-42(18(2)3)40-39-28)38-22-10-24-30(37-21-7-6-19(4)26(33)11-21)20(13-35)14-36-31(24)27(34)12-22/h6-7,10-12,14-15,17-18,32,38-40H,5,8-9,16H2,1-4H3,(H,36,37)/t32-/m0/s1. The summed E-state index contributed by atoms with van der Waals surface area (Å²) in [7, 11) is 0. The van der Waals surface area contributed by atoms with Crippen molar-refractivity contribution in [2.24, 2.45) is 0 Å². The Bertz CT molecular complexity index is 1760. The first-order chi connectivity index (χ1) is 20.7. The highest BCUT2D eigenvalue weighted by Crippen LogP contribution is 2.40. The van der Waals surface area contributed by atoms with Crippen molar-refractivity contribution in [3.8, 4) is 6.07 Å².